The summed E-state index contributed by atoms with van der Waals surface area (Å²) in [4.78, 5) is 24.6. The number of hydrogen-bond donors (Lipinski definition) is 0. The van der Waals surface area contributed by atoms with E-state index in [1.165, 1.54) is 12.5 Å². The van der Waals surface area contributed by atoms with Crippen molar-refractivity contribution in [3.8, 4) is 0 Å². The van der Waals surface area contributed by atoms with Crippen LogP contribution in [0.25, 0.3) is 0 Å². The number of fused-ring (bicyclic) bond motifs is 3. The maximum Gasteiger partial charge on any atom is 0.211 e. The fourth-order valence-corrected chi connectivity index (χ4v) is 3.00. The first-order valence-electron chi connectivity index (χ1n) is 6.15. The van der Waals surface area contributed by atoms with Crippen molar-refractivity contribution < 1.29 is 14.3 Å². The maximum atomic E-state index is 11.6. The first kappa shape index (κ1) is 11.4. The molecule has 0 N–H and O–H groups in total. The summed E-state index contributed by atoms with van der Waals surface area (Å²) in [7, 11) is 0. The van der Waals surface area contributed by atoms with E-state index in [9.17, 15) is 9.59 Å². The molecule has 0 spiro atoms. The van der Waals surface area contributed by atoms with Crippen molar-refractivity contribution in [2.24, 2.45) is 0 Å². The summed E-state index contributed by atoms with van der Waals surface area (Å²) in [6.45, 7) is 1.81. The van der Waals surface area contributed by atoms with Crippen molar-refractivity contribution >= 4 is 12.2 Å². The van der Waals surface area contributed by atoms with E-state index in [0.29, 0.717) is 6.61 Å². The lowest BCUT2D eigenvalue weighted by atomic mass is 10.0. The van der Waals surface area contributed by atoms with Crippen molar-refractivity contribution in [3.63, 3.8) is 0 Å². The Morgan fingerprint density at radius 2 is 2.22 bits per heavy atom. The highest BCUT2D eigenvalue weighted by molar-refractivity contribution is 5.84. The number of amides is 1. The number of rotatable bonds is 2. The van der Waals surface area contributed by atoms with Crippen LogP contribution in [0.1, 0.15) is 24.1 Å². The number of hydrogen-bond acceptors (Lipinski definition) is 3. The van der Waals surface area contributed by atoms with Crippen molar-refractivity contribution in [3.05, 3.63) is 35.4 Å². The van der Waals surface area contributed by atoms with Crippen LogP contribution in [0.15, 0.2) is 24.3 Å². The predicted octanol–water partition coefficient (Wildman–Crippen LogP) is 1.10. The van der Waals surface area contributed by atoms with Gasteiger partial charge < -0.3 is 9.64 Å². The number of carbonyl (C=O) groups excluding carboxylic acids is 2. The highest BCUT2D eigenvalue weighted by atomic mass is 16.5. The molecule has 2 aliphatic rings. The minimum absolute atomic E-state index is 0.0109. The molecule has 18 heavy (non-hydrogen) atoms. The van der Waals surface area contributed by atoms with E-state index in [-0.39, 0.29) is 17.9 Å². The molecule has 1 heterocycles. The summed E-state index contributed by atoms with van der Waals surface area (Å²) in [6, 6.07) is 7.47. The normalized spacial score (nSPS) is 29.6. The number of Topliss-reactive ketones (excluding diaryl/α,β-unsaturated/α-hetero) is 1. The summed E-state index contributed by atoms with van der Waals surface area (Å²) < 4.78 is 5.77. The molecule has 0 saturated carbocycles. The van der Waals surface area contributed by atoms with Gasteiger partial charge >= 0.3 is 0 Å². The summed E-state index contributed by atoms with van der Waals surface area (Å²) >= 11 is 0. The second-order valence-corrected chi connectivity index (χ2v) is 4.90. The lowest BCUT2D eigenvalue weighted by Crippen LogP contribution is -2.52. The molecule has 1 aromatic carbocycles. The second kappa shape index (κ2) is 4.21. The Bertz CT molecular complexity index is 500. The molecular weight excluding hydrogens is 230 g/mol. The van der Waals surface area contributed by atoms with Gasteiger partial charge in [-0.05, 0) is 18.1 Å². The van der Waals surface area contributed by atoms with Gasteiger partial charge in [0.2, 0.25) is 6.41 Å². The van der Waals surface area contributed by atoms with Crippen LogP contribution in [0.5, 0.6) is 0 Å². The molecular formula is C14H15NO3. The van der Waals surface area contributed by atoms with Crippen molar-refractivity contribution in [2.45, 2.75) is 31.5 Å². The maximum absolute atomic E-state index is 11.6. The number of nitrogens with zero attached hydrogens (tertiary/aromatic N) is 1. The van der Waals surface area contributed by atoms with Gasteiger partial charge in [0.05, 0.1) is 18.8 Å². The Morgan fingerprint density at radius 3 is 2.94 bits per heavy atom. The van der Waals surface area contributed by atoms with Gasteiger partial charge in [0.25, 0.3) is 0 Å². The van der Waals surface area contributed by atoms with Gasteiger partial charge in [-0.25, -0.2) is 0 Å². The van der Waals surface area contributed by atoms with E-state index >= 15 is 0 Å². The molecule has 0 radical (unpaired) electrons. The molecule has 1 aromatic rings. The molecule has 3 rings (SSSR count). The SMILES string of the molecule is CC(=O)[C@H]1CO[C@H]2Cc3ccccc3[C@H]2N1C=O. The Morgan fingerprint density at radius 1 is 1.44 bits per heavy atom. The number of benzene rings is 1. The number of morpholine rings is 1. The average Bonchev–Trinajstić information content (AvgIpc) is 2.75. The smallest absolute Gasteiger partial charge is 0.211 e. The predicted molar refractivity (Wildman–Crippen MR) is 65.0 cm³/mol. The Kier molecular flexibility index (Phi) is 2.67. The summed E-state index contributed by atoms with van der Waals surface area (Å²) in [6.07, 6.45) is 1.59. The van der Waals surface area contributed by atoms with Gasteiger partial charge in [0.15, 0.2) is 5.78 Å². The highest BCUT2D eigenvalue weighted by Gasteiger charge is 2.44. The average molecular weight is 245 g/mol. The first-order chi connectivity index (χ1) is 8.72. The summed E-state index contributed by atoms with van der Waals surface area (Å²) in [5.41, 5.74) is 2.32. The van der Waals surface area contributed by atoms with E-state index in [0.717, 1.165) is 18.4 Å². The molecule has 4 heteroatoms. The molecule has 1 amide bonds. The Labute approximate surface area is 106 Å². The topological polar surface area (TPSA) is 46.6 Å². The Hall–Kier alpha value is -1.68. The van der Waals surface area contributed by atoms with Crippen molar-refractivity contribution in [1.29, 1.82) is 0 Å². The van der Waals surface area contributed by atoms with Gasteiger partial charge in [-0.3, -0.25) is 9.59 Å². The Balaban J connectivity index is 2.01. The van der Waals surface area contributed by atoms with Crippen LogP contribution in [-0.2, 0) is 20.7 Å². The van der Waals surface area contributed by atoms with E-state index in [4.69, 9.17) is 4.74 Å². The minimum Gasteiger partial charge on any atom is -0.373 e. The lowest BCUT2D eigenvalue weighted by molar-refractivity contribution is -0.151. The zero-order valence-electron chi connectivity index (χ0n) is 10.2. The van der Waals surface area contributed by atoms with Crippen LogP contribution in [0.3, 0.4) is 0 Å². The van der Waals surface area contributed by atoms with Gasteiger partial charge in [0.1, 0.15) is 6.04 Å². The van der Waals surface area contributed by atoms with Gasteiger partial charge in [-0.2, -0.15) is 0 Å². The molecule has 0 bridgehead atoms. The fraction of sp³-hybridized carbons (Fsp3) is 0.429. The zero-order valence-corrected chi connectivity index (χ0v) is 10.2. The first-order valence-corrected chi connectivity index (χ1v) is 6.15. The van der Waals surface area contributed by atoms with E-state index in [2.05, 4.69) is 6.07 Å². The summed E-state index contributed by atoms with van der Waals surface area (Å²) in [5, 5.41) is 0. The van der Waals surface area contributed by atoms with Crippen LogP contribution in [-0.4, -0.2) is 35.8 Å². The van der Waals surface area contributed by atoms with E-state index in [1.807, 2.05) is 18.2 Å². The molecule has 4 nitrogen and oxygen atoms in total. The zero-order chi connectivity index (χ0) is 12.7. The van der Waals surface area contributed by atoms with E-state index in [1.54, 1.807) is 4.90 Å². The molecule has 0 aromatic heterocycles. The number of ether oxygens (including phenoxy) is 1. The lowest BCUT2D eigenvalue weighted by Gasteiger charge is -2.40. The second-order valence-electron chi connectivity index (χ2n) is 4.90. The van der Waals surface area contributed by atoms with Crippen LogP contribution < -0.4 is 0 Å². The number of carbonyl (C=O) groups is 2. The molecule has 1 aliphatic heterocycles. The molecule has 1 fully saturated rings. The van der Waals surface area contributed by atoms with Gasteiger partial charge in [-0.1, -0.05) is 24.3 Å². The van der Waals surface area contributed by atoms with Gasteiger partial charge in [0, 0.05) is 6.42 Å². The van der Waals surface area contributed by atoms with Crippen LogP contribution in [0.4, 0.5) is 0 Å². The van der Waals surface area contributed by atoms with Crippen LogP contribution >= 0.6 is 0 Å². The molecule has 3 atom stereocenters. The van der Waals surface area contributed by atoms with Crippen LogP contribution in [0, 0.1) is 0 Å². The van der Waals surface area contributed by atoms with Gasteiger partial charge in [-0.15, -0.1) is 0 Å². The third-order valence-corrected chi connectivity index (χ3v) is 3.89. The quantitative estimate of drug-likeness (QED) is 0.733. The molecule has 94 valence electrons. The standard InChI is InChI=1S/C14H15NO3/c1-9(17)12-7-18-13-6-10-4-2-3-5-11(10)14(13)15(12)8-16/h2-5,8,12-14H,6-7H2,1H3/t12-,13+,14-/m1/s1. The van der Waals surface area contributed by atoms with E-state index < -0.39 is 6.04 Å². The molecule has 1 saturated heterocycles. The van der Waals surface area contributed by atoms with Crippen molar-refractivity contribution in [1.82, 2.24) is 4.90 Å². The third-order valence-electron chi connectivity index (χ3n) is 3.89. The highest BCUT2D eigenvalue weighted by Crippen LogP contribution is 2.40. The van der Waals surface area contributed by atoms with Crippen LogP contribution in [0.2, 0.25) is 0 Å². The third kappa shape index (κ3) is 1.56. The summed E-state index contributed by atoms with van der Waals surface area (Å²) in [5.74, 6) is -0.0232. The minimum atomic E-state index is -0.449. The monoisotopic (exact) mass is 245 g/mol. The largest absolute Gasteiger partial charge is 0.373 e. The molecule has 1 aliphatic carbocycles. The molecule has 0 unspecified atom stereocenters. The number of ketones is 1. The van der Waals surface area contributed by atoms with Crippen molar-refractivity contribution in [2.75, 3.05) is 6.61 Å². The fourth-order valence-electron chi connectivity index (χ4n) is 3.00.